The summed E-state index contributed by atoms with van der Waals surface area (Å²) in [6.07, 6.45) is 4.39. The van der Waals surface area contributed by atoms with Crippen LogP contribution in [0.4, 0.5) is 10.6 Å². The minimum Gasteiger partial charge on any atom is -0.450 e. The standard InChI is InChI=1S/C21H27N5O3/c1-3-29-21(28)26-9-7-17(8-10-26)25-19-14-22-18(13-23-19)20(27)24-12-16-6-4-5-15(2)11-16/h4-6,11,13-14,17H,3,7-10,12H2,1-2H3,(H,23,25)(H,24,27). The Kier molecular flexibility index (Phi) is 6.99. The number of anilines is 1. The molecular formula is C21H27N5O3. The molecule has 0 spiro atoms. The molecule has 2 heterocycles. The van der Waals surface area contributed by atoms with Crippen LogP contribution in [0.1, 0.15) is 41.4 Å². The number of carbonyl (C=O) groups excluding carboxylic acids is 2. The van der Waals surface area contributed by atoms with E-state index in [1.165, 1.54) is 6.20 Å². The number of aryl methyl sites for hydroxylation is 1. The number of rotatable bonds is 6. The highest BCUT2D eigenvalue weighted by Crippen LogP contribution is 2.15. The molecule has 0 radical (unpaired) electrons. The smallest absolute Gasteiger partial charge is 0.409 e. The summed E-state index contributed by atoms with van der Waals surface area (Å²) in [6, 6.07) is 8.19. The number of ether oxygens (including phenoxy) is 1. The number of amides is 2. The Hall–Kier alpha value is -3.16. The highest BCUT2D eigenvalue weighted by Gasteiger charge is 2.23. The van der Waals surface area contributed by atoms with Gasteiger partial charge in [0.25, 0.3) is 5.91 Å². The fraction of sp³-hybridized carbons (Fsp3) is 0.429. The maximum Gasteiger partial charge on any atom is 0.409 e. The van der Waals surface area contributed by atoms with Crippen LogP contribution in [-0.4, -0.2) is 52.6 Å². The Morgan fingerprint density at radius 3 is 2.66 bits per heavy atom. The van der Waals surface area contributed by atoms with Crippen LogP contribution in [0.25, 0.3) is 0 Å². The number of aromatic nitrogens is 2. The number of nitrogens with zero attached hydrogens (tertiary/aromatic N) is 3. The molecule has 154 valence electrons. The van der Waals surface area contributed by atoms with Crippen molar-refractivity contribution in [3.05, 3.63) is 53.5 Å². The van der Waals surface area contributed by atoms with E-state index in [4.69, 9.17) is 4.74 Å². The number of nitrogens with one attached hydrogen (secondary N) is 2. The van der Waals surface area contributed by atoms with Gasteiger partial charge in [-0.1, -0.05) is 29.8 Å². The fourth-order valence-electron chi connectivity index (χ4n) is 3.25. The van der Waals surface area contributed by atoms with E-state index in [0.29, 0.717) is 32.1 Å². The van der Waals surface area contributed by atoms with Gasteiger partial charge in [0, 0.05) is 25.7 Å². The highest BCUT2D eigenvalue weighted by molar-refractivity contribution is 5.91. The van der Waals surface area contributed by atoms with Crippen LogP contribution in [0.15, 0.2) is 36.7 Å². The van der Waals surface area contributed by atoms with Gasteiger partial charge in [0.1, 0.15) is 11.5 Å². The lowest BCUT2D eigenvalue weighted by Gasteiger charge is -2.31. The highest BCUT2D eigenvalue weighted by atomic mass is 16.6. The van der Waals surface area contributed by atoms with Crippen LogP contribution in [0, 0.1) is 6.92 Å². The first-order valence-electron chi connectivity index (χ1n) is 9.89. The van der Waals surface area contributed by atoms with Gasteiger partial charge in [-0.2, -0.15) is 0 Å². The van der Waals surface area contributed by atoms with Gasteiger partial charge in [0.2, 0.25) is 0 Å². The fourth-order valence-corrected chi connectivity index (χ4v) is 3.25. The van der Waals surface area contributed by atoms with Crippen LogP contribution < -0.4 is 10.6 Å². The summed E-state index contributed by atoms with van der Waals surface area (Å²) >= 11 is 0. The van der Waals surface area contributed by atoms with E-state index in [-0.39, 0.29) is 23.7 Å². The molecule has 1 aromatic heterocycles. The lowest BCUT2D eigenvalue weighted by molar-refractivity contribution is 0.0944. The molecule has 8 nitrogen and oxygen atoms in total. The molecule has 0 unspecified atom stereocenters. The monoisotopic (exact) mass is 397 g/mol. The Morgan fingerprint density at radius 2 is 2.00 bits per heavy atom. The first-order valence-corrected chi connectivity index (χ1v) is 9.89. The van der Waals surface area contributed by atoms with E-state index in [2.05, 4.69) is 20.6 Å². The number of hydrogen-bond acceptors (Lipinski definition) is 6. The number of likely N-dealkylation sites (tertiary alicyclic amines) is 1. The van der Waals surface area contributed by atoms with Crippen molar-refractivity contribution in [1.82, 2.24) is 20.2 Å². The summed E-state index contributed by atoms with van der Waals surface area (Å²) < 4.78 is 5.03. The van der Waals surface area contributed by atoms with Crippen molar-refractivity contribution in [2.45, 2.75) is 39.3 Å². The zero-order valence-corrected chi connectivity index (χ0v) is 16.9. The van der Waals surface area contributed by atoms with E-state index in [9.17, 15) is 9.59 Å². The van der Waals surface area contributed by atoms with E-state index < -0.39 is 0 Å². The van der Waals surface area contributed by atoms with Gasteiger partial charge in [-0.15, -0.1) is 0 Å². The SMILES string of the molecule is CCOC(=O)N1CCC(Nc2cnc(C(=O)NCc3cccc(C)c3)cn2)CC1. The summed E-state index contributed by atoms with van der Waals surface area (Å²) in [4.78, 5) is 34.3. The topological polar surface area (TPSA) is 96.5 Å². The van der Waals surface area contributed by atoms with E-state index in [1.807, 2.05) is 31.2 Å². The molecule has 1 aliphatic heterocycles. The second-order valence-corrected chi connectivity index (χ2v) is 7.06. The molecule has 3 rings (SSSR count). The van der Waals surface area contributed by atoms with Crippen molar-refractivity contribution < 1.29 is 14.3 Å². The van der Waals surface area contributed by atoms with Crippen LogP contribution in [0.2, 0.25) is 0 Å². The van der Waals surface area contributed by atoms with E-state index in [0.717, 1.165) is 24.0 Å². The first kappa shape index (κ1) is 20.6. The molecule has 0 saturated carbocycles. The third-order valence-corrected chi connectivity index (χ3v) is 4.79. The van der Waals surface area contributed by atoms with Crippen LogP contribution >= 0.6 is 0 Å². The maximum atomic E-state index is 12.3. The second-order valence-electron chi connectivity index (χ2n) is 7.06. The molecule has 2 N–H and O–H groups in total. The molecule has 1 aliphatic rings. The minimum atomic E-state index is -0.258. The number of carbonyl (C=O) groups is 2. The second kappa shape index (κ2) is 9.86. The first-order chi connectivity index (χ1) is 14.0. The summed E-state index contributed by atoms with van der Waals surface area (Å²) in [5, 5.41) is 6.18. The van der Waals surface area contributed by atoms with Gasteiger partial charge < -0.3 is 20.3 Å². The Bertz CT molecular complexity index is 832. The third kappa shape index (κ3) is 5.91. The molecule has 29 heavy (non-hydrogen) atoms. The van der Waals surface area contributed by atoms with Gasteiger partial charge in [-0.25, -0.2) is 14.8 Å². The number of benzene rings is 1. The van der Waals surface area contributed by atoms with Crippen molar-refractivity contribution >= 4 is 17.8 Å². The Labute approximate surface area is 170 Å². The summed E-state index contributed by atoms with van der Waals surface area (Å²) in [5.74, 6) is 0.364. The zero-order valence-electron chi connectivity index (χ0n) is 16.9. The molecule has 8 heteroatoms. The molecule has 0 bridgehead atoms. The zero-order chi connectivity index (χ0) is 20.6. The molecule has 1 saturated heterocycles. The van der Waals surface area contributed by atoms with Crippen molar-refractivity contribution in [2.75, 3.05) is 25.0 Å². The van der Waals surface area contributed by atoms with Gasteiger partial charge >= 0.3 is 6.09 Å². The van der Waals surface area contributed by atoms with Crippen molar-refractivity contribution in [3.8, 4) is 0 Å². The normalized spacial score (nSPS) is 14.3. The average Bonchev–Trinajstić information content (AvgIpc) is 2.73. The predicted octanol–water partition coefficient (Wildman–Crippen LogP) is 2.75. The summed E-state index contributed by atoms with van der Waals surface area (Å²) in [6.45, 7) is 5.94. The van der Waals surface area contributed by atoms with E-state index >= 15 is 0 Å². The quantitative estimate of drug-likeness (QED) is 0.778. The Balaban J connectivity index is 1.46. The molecule has 1 aromatic carbocycles. The lowest BCUT2D eigenvalue weighted by atomic mass is 10.1. The molecule has 2 amide bonds. The summed E-state index contributed by atoms with van der Waals surface area (Å²) in [7, 11) is 0. The summed E-state index contributed by atoms with van der Waals surface area (Å²) in [5.41, 5.74) is 2.47. The third-order valence-electron chi connectivity index (χ3n) is 4.79. The van der Waals surface area contributed by atoms with Crippen LogP contribution in [0.5, 0.6) is 0 Å². The molecule has 0 aliphatic carbocycles. The van der Waals surface area contributed by atoms with Gasteiger partial charge in [0.15, 0.2) is 0 Å². The van der Waals surface area contributed by atoms with Crippen LogP contribution in [-0.2, 0) is 11.3 Å². The van der Waals surface area contributed by atoms with E-state index in [1.54, 1.807) is 18.0 Å². The van der Waals surface area contributed by atoms with Gasteiger partial charge in [-0.05, 0) is 32.3 Å². The van der Waals surface area contributed by atoms with Crippen molar-refractivity contribution in [1.29, 1.82) is 0 Å². The van der Waals surface area contributed by atoms with Gasteiger partial charge in [-0.3, -0.25) is 4.79 Å². The van der Waals surface area contributed by atoms with Crippen molar-refractivity contribution in [3.63, 3.8) is 0 Å². The molecule has 2 aromatic rings. The largest absolute Gasteiger partial charge is 0.450 e. The van der Waals surface area contributed by atoms with Gasteiger partial charge in [0.05, 0.1) is 19.0 Å². The number of piperidine rings is 1. The molecule has 0 atom stereocenters. The number of hydrogen-bond donors (Lipinski definition) is 2. The molecule has 1 fully saturated rings. The Morgan fingerprint density at radius 1 is 1.21 bits per heavy atom. The predicted molar refractivity (Wildman–Crippen MR) is 110 cm³/mol. The lowest BCUT2D eigenvalue weighted by Crippen LogP contribution is -2.42. The maximum absolute atomic E-state index is 12.3. The minimum absolute atomic E-state index is 0.205. The van der Waals surface area contributed by atoms with Crippen LogP contribution in [0.3, 0.4) is 0 Å². The average molecular weight is 397 g/mol. The van der Waals surface area contributed by atoms with Crippen molar-refractivity contribution in [2.24, 2.45) is 0 Å². The molecular weight excluding hydrogens is 370 g/mol.